The summed E-state index contributed by atoms with van der Waals surface area (Å²) in [5.41, 5.74) is 0.885. The van der Waals surface area contributed by atoms with Gasteiger partial charge in [0.1, 0.15) is 6.10 Å². The van der Waals surface area contributed by atoms with Crippen LogP contribution < -0.4 is 0 Å². The molecule has 0 aliphatic rings. The predicted octanol–water partition coefficient (Wildman–Crippen LogP) is 5.62. The van der Waals surface area contributed by atoms with E-state index in [4.69, 9.17) is 0 Å². The molecule has 0 aliphatic carbocycles. The zero-order valence-corrected chi connectivity index (χ0v) is 14.1. The van der Waals surface area contributed by atoms with Crippen molar-refractivity contribution >= 4 is 31.9 Å². The largest absolute Gasteiger partial charge is 0.416 e. The second-order valence-corrected chi connectivity index (χ2v) is 6.36. The van der Waals surface area contributed by atoms with Crippen molar-refractivity contribution in [2.24, 2.45) is 0 Å². The topological polar surface area (TPSA) is 20.2 Å². The summed E-state index contributed by atoms with van der Waals surface area (Å²) in [7, 11) is 0. The molecule has 21 heavy (non-hydrogen) atoms. The number of alkyl halides is 3. The molecule has 0 saturated carbocycles. The van der Waals surface area contributed by atoms with Gasteiger partial charge in [-0.25, -0.2) is 0 Å². The first-order valence-corrected chi connectivity index (χ1v) is 7.59. The van der Waals surface area contributed by atoms with Crippen molar-refractivity contribution in [3.63, 3.8) is 0 Å². The SMILES string of the molecule is Cc1cc(Br)c(C(O)c2cccc(C(F)(F)F)c2)cc1Br. The number of rotatable bonds is 2. The Kier molecular flexibility index (Phi) is 4.80. The molecule has 2 rings (SSSR count). The zero-order chi connectivity index (χ0) is 15.8. The van der Waals surface area contributed by atoms with Gasteiger partial charge in [-0.3, -0.25) is 0 Å². The van der Waals surface area contributed by atoms with Crippen molar-refractivity contribution in [3.8, 4) is 0 Å². The molecule has 0 amide bonds. The van der Waals surface area contributed by atoms with Crippen molar-refractivity contribution in [2.45, 2.75) is 19.2 Å². The molecule has 0 heterocycles. The first kappa shape index (κ1) is 16.5. The van der Waals surface area contributed by atoms with E-state index < -0.39 is 17.8 Å². The van der Waals surface area contributed by atoms with Gasteiger partial charge in [0.2, 0.25) is 0 Å². The first-order chi connectivity index (χ1) is 9.70. The van der Waals surface area contributed by atoms with Gasteiger partial charge in [0.25, 0.3) is 0 Å². The fourth-order valence-corrected chi connectivity index (χ4v) is 2.97. The third kappa shape index (κ3) is 3.67. The smallest absolute Gasteiger partial charge is 0.384 e. The van der Waals surface area contributed by atoms with Crippen molar-refractivity contribution in [3.05, 3.63) is 67.6 Å². The van der Waals surface area contributed by atoms with Crippen molar-refractivity contribution in [1.82, 2.24) is 0 Å². The minimum Gasteiger partial charge on any atom is -0.384 e. The van der Waals surface area contributed by atoms with Gasteiger partial charge in [-0.05, 0) is 42.3 Å². The summed E-state index contributed by atoms with van der Waals surface area (Å²) in [5, 5.41) is 10.4. The summed E-state index contributed by atoms with van der Waals surface area (Å²) in [5.74, 6) is 0. The molecule has 6 heteroatoms. The lowest BCUT2D eigenvalue weighted by atomic mass is 9.99. The lowest BCUT2D eigenvalue weighted by Gasteiger charge is -2.16. The number of hydrogen-bond donors (Lipinski definition) is 1. The summed E-state index contributed by atoms with van der Waals surface area (Å²) in [4.78, 5) is 0. The number of aliphatic hydroxyl groups excluding tert-OH is 1. The molecular formula is C15H11Br2F3O. The highest BCUT2D eigenvalue weighted by Gasteiger charge is 2.31. The minimum absolute atomic E-state index is 0.196. The third-order valence-electron chi connectivity index (χ3n) is 3.10. The maximum atomic E-state index is 12.7. The standard InChI is InChI=1S/C15H11Br2F3O/c1-8-5-13(17)11(7-12(8)16)14(21)9-3-2-4-10(6-9)15(18,19)20/h2-7,14,21H,1H3. The first-order valence-electron chi connectivity index (χ1n) is 6.01. The Balaban J connectivity index is 2.45. The molecule has 0 saturated heterocycles. The van der Waals surface area contributed by atoms with Crippen LogP contribution in [-0.2, 0) is 6.18 Å². The van der Waals surface area contributed by atoms with Gasteiger partial charge < -0.3 is 5.11 Å². The molecule has 1 N–H and O–H groups in total. The van der Waals surface area contributed by atoms with Gasteiger partial charge in [0.05, 0.1) is 5.56 Å². The van der Waals surface area contributed by atoms with E-state index in [0.717, 1.165) is 22.2 Å². The van der Waals surface area contributed by atoms with Crippen LogP contribution in [0.3, 0.4) is 0 Å². The van der Waals surface area contributed by atoms with Crippen molar-refractivity contribution in [2.75, 3.05) is 0 Å². The quantitative estimate of drug-likeness (QED) is 0.664. The van der Waals surface area contributed by atoms with E-state index in [1.165, 1.54) is 12.1 Å². The van der Waals surface area contributed by atoms with Crippen LogP contribution in [0.1, 0.15) is 28.4 Å². The number of hydrogen-bond acceptors (Lipinski definition) is 1. The average molecular weight is 424 g/mol. The highest BCUT2D eigenvalue weighted by molar-refractivity contribution is 9.11. The second kappa shape index (κ2) is 6.10. The lowest BCUT2D eigenvalue weighted by Crippen LogP contribution is -2.07. The summed E-state index contributed by atoms with van der Waals surface area (Å²) in [6.45, 7) is 1.88. The van der Waals surface area contributed by atoms with E-state index in [0.29, 0.717) is 10.0 Å². The predicted molar refractivity (Wildman–Crippen MR) is 82.1 cm³/mol. The van der Waals surface area contributed by atoms with E-state index in [9.17, 15) is 18.3 Å². The lowest BCUT2D eigenvalue weighted by molar-refractivity contribution is -0.137. The van der Waals surface area contributed by atoms with Crippen LogP contribution >= 0.6 is 31.9 Å². The molecule has 0 aliphatic heterocycles. The van der Waals surface area contributed by atoms with Crippen LogP contribution in [0.2, 0.25) is 0 Å². The van der Waals surface area contributed by atoms with Gasteiger partial charge in [0, 0.05) is 14.5 Å². The maximum Gasteiger partial charge on any atom is 0.416 e. The Labute approximate surface area is 137 Å². The molecule has 2 aromatic carbocycles. The van der Waals surface area contributed by atoms with Crippen molar-refractivity contribution < 1.29 is 18.3 Å². The zero-order valence-electron chi connectivity index (χ0n) is 10.9. The number of aliphatic hydroxyl groups is 1. The Morgan fingerprint density at radius 1 is 1.05 bits per heavy atom. The summed E-state index contributed by atoms with van der Waals surface area (Å²) in [6.07, 6.45) is -5.57. The van der Waals surface area contributed by atoms with Crippen LogP contribution in [-0.4, -0.2) is 5.11 Å². The molecular weight excluding hydrogens is 413 g/mol. The Morgan fingerprint density at radius 3 is 2.33 bits per heavy atom. The summed E-state index contributed by atoms with van der Waals surface area (Å²) >= 11 is 6.69. The van der Waals surface area contributed by atoms with E-state index in [1.54, 1.807) is 12.1 Å². The summed E-state index contributed by atoms with van der Waals surface area (Å²) in [6, 6.07) is 8.21. The van der Waals surface area contributed by atoms with Gasteiger partial charge in [0.15, 0.2) is 0 Å². The molecule has 0 aromatic heterocycles. The molecule has 112 valence electrons. The van der Waals surface area contributed by atoms with E-state index in [2.05, 4.69) is 31.9 Å². The minimum atomic E-state index is -4.43. The summed E-state index contributed by atoms with van der Waals surface area (Å²) < 4.78 is 39.6. The Bertz CT molecular complexity index is 668. The number of benzene rings is 2. The fourth-order valence-electron chi connectivity index (χ4n) is 1.94. The second-order valence-electron chi connectivity index (χ2n) is 4.65. The van der Waals surface area contributed by atoms with Crippen LogP contribution in [0.15, 0.2) is 45.3 Å². The van der Waals surface area contributed by atoms with Gasteiger partial charge in [-0.1, -0.05) is 44.0 Å². The normalized spacial score (nSPS) is 13.3. The third-order valence-corrected chi connectivity index (χ3v) is 4.64. The number of aryl methyl sites for hydroxylation is 1. The van der Waals surface area contributed by atoms with E-state index >= 15 is 0 Å². The Hall–Kier alpha value is -0.850. The fraction of sp³-hybridized carbons (Fsp3) is 0.200. The van der Waals surface area contributed by atoms with Gasteiger partial charge in [-0.15, -0.1) is 0 Å². The monoisotopic (exact) mass is 422 g/mol. The molecule has 0 radical (unpaired) electrons. The molecule has 0 spiro atoms. The molecule has 2 aromatic rings. The van der Waals surface area contributed by atoms with Gasteiger partial charge >= 0.3 is 6.18 Å². The van der Waals surface area contributed by atoms with Gasteiger partial charge in [-0.2, -0.15) is 13.2 Å². The molecule has 1 nitrogen and oxygen atoms in total. The molecule has 1 unspecified atom stereocenters. The van der Waals surface area contributed by atoms with Crippen LogP contribution in [0.4, 0.5) is 13.2 Å². The molecule has 1 atom stereocenters. The van der Waals surface area contributed by atoms with E-state index in [1.807, 2.05) is 6.92 Å². The van der Waals surface area contributed by atoms with E-state index in [-0.39, 0.29) is 5.56 Å². The highest BCUT2D eigenvalue weighted by Crippen LogP contribution is 2.35. The number of halogens is 5. The average Bonchev–Trinajstić information content (AvgIpc) is 2.41. The van der Waals surface area contributed by atoms with Crippen LogP contribution in [0.5, 0.6) is 0 Å². The molecule has 0 fully saturated rings. The van der Waals surface area contributed by atoms with Crippen LogP contribution in [0, 0.1) is 6.92 Å². The Morgan fingerprint density at radius 2 is 1.71 bits per heavy atom. The maximum absolute atomic E-state index is 12.7. The van der Waals surface area contributed by atoms with Crippen LogP contribution in [0.25, 0.3) is 0 Å². The highest BCUT2D eigenvalue weighted by atomic mass is 79.9. The molecule has 0 bridgehead atoms. The van der Waals surface area contributed by atoms with Crippen molar-refractivity contribution in [1.29, 1.82) is 0 Å².